The molecule has 0 unspecified atom stereocenters. The van der Waals surface area contributed by atoms with Crippen LogP contribution in [-0.2, 0) is 17.6 Å². The van der Waals surface area contributed by atoms with E-state index >= 15 is 0 Å². The molecule has 3 rings (SSSR count). The molecule has 23 heavy (non-hydrogen) atoms. The summed E-state index contributed by atoms with van der Waals surface area (Å²) < 4.78 is 5.20. The summed E-state index contributed by atoms with van der Waals surface area (Å²) in [5.74, 6) is 1.05. The number of nitrogens with zero attached hydrogens (tertiary/aromatic N) is 2. The zero-order valence-corrected chi connectivity index (χ0v) is 12.6. The average molecular weight is 307 g/mol. The molecule has 0 saturated carbocycles. The summed E-state index contributed by atoms with van der Waals surface area (Å²) in [5.41, 5.74) is 1.91. The quantitative estimate of drug-likeness (QED) is 0.759. The van der Waals surface area contributed by atoms with Crippen LogP contribution in [0.1, 0.15) is 23.7 Å². The maximum Gasteiger partial charge on any atom is 0.227 e. The molecule has 5 heteroatoms. The maximum absolute atomic E-state index is 11.9. The highest BCUT2D eigenvalue weighted by Gasteiger charge is 2.10. The highest BCUT2D eigenvalue weighted by atomic mass is 16.5. The smallest absolute Gasteiger partial charge is 0.227 e. The summed E-state index contributed by atoms with van der Waals surface area (Å²) in [6.45, 7) is 0. The Hall–Kier alpha value is -2.95. The number of anilines is 1. The average Bonchev–Trinajstić information content (AvgIpc) is 3.02. The van der Waals surface area contributed by atoms with Gasteiger partial charge in [-0.15, -0.1) is 0 Å². The van der Waals surface area contributed by atoms with Gasteiger partial charge in [0, 0.05) is 24.9 Å². The fraction of sp³-hybridized carbons (Fsp3) is 0.167. The second-order valence-corrected chi connectivity index (χ2v) is 5.18. The van der Waals surface area contributed by atoms with Crippen molar-refractivity contribution in [3.05, 3.63) is 77.9 Å². The van der Waals surface area contributed by atoms with E-state index in [1.165, 1.54) is 0 Å². The van der Waals surface area contributed by atoms with Crippen LogP contribution in [0.2, 0.25) is 0 Å². The molecule has 1 aromatic heterocycles. The third-order valence-corrected chi connectivity index (χ3v) is 3.34. The molecule has 0 aliphatic carbocycles. The van der Waals surface area contributed by atoms with Gasteiger partial charge in [-0.3, -0.25) is 4.79 Å². The van der Waals surface area contributed by atoms with Gasteiger partial charge in [0.2, 0.25) is 11.8 Å². The normalized spacial score (nSPS) is 10.4. The molecule has 0 aliphatic heterocycles. The predicted molar refractivity (Wildman–Crippen MR) is 86.9 cm³/mol. The van der Waals surface area contributed by atoms with Crippen LogP contribution in [0.15, 0.2) is 65.2 Å². The lowest BCUT2D eigenvalue weighted by molar-refractivity contribution is -0.116. The Labute approximate surface area is 134 Å². The molecule has 0 bridgehead atoms. The number of benzene rings is 2. The second kappa shape index (κ2) is 7.35. The van der Waals surface area contributed by atoms with Crippen molar-refractivity contribution < 1.29 is 9.32 Å². The zero-order chi connectivity index (χ0) is 15.9. The molecule has 1 amide bonds. The minimum atomic E-state index is -0.0704. The molecule has 116 valence electrons. The number of carbonyl (C=O) groups is 1. The number of hydrogen-bond acceptors (Lipinski definition) is 4. The Balaban J connectivity index is 1.50. The number of carbonyl (C=O) groups excluding carboxylic acids is 1. The van der Waals surface area contributed by atoms with Crippen molar-refractivity contribution in [3.8, 4) is 0 Å². The number of aromatic nitrogens is 2. The molecule has 0 radical (unpaired) electrons. The van der Waals surface area contributed by atoms with Crippen LogP contribution < -0.4 is 5.32 Å². The van der Waals surface area contributed by atoms with Crippen molar-refractivity contribution in [1.82, 2.24) is 10.1 Å². The van der Waals surface area contributed by atoms with E-state index in [0.29, 0.717) is 31.0 Å². The molecule has 5 nitrogen and oxygen atoms in total. The molecule has 1 N–H and O–H groups in total. The zero-order valence-electron chi connectivity index (χ0n) is 12.6. The van der Waals surface area contributed by atoms with Gasteiger partial charge in [0.1, 0.15) is 0 Å². The van der Waals surface area contributed by atoms with E-state index in [1.54, 1.807) is 0 Å². The van der Waals surface area contributed by atoms with E-state index in [4.69, 9.17) is 4.52 Å². The molecule has 2 aromatic carbocycles. The van der Waals surface area contributed by atoms with Gasteiger partial charge in [-0.1, -0.05) is 53.7 Å². The minimum absolute atomic E-state index is 0.0704. The number of hydrogen-bond donors (Lipinski definition) is 1. The van der Waals surface area contributed by atoms with Gasteiger partial charge in [0.05, 0.1) is 0 Å². The summed E-state index contributed by atoms with van der Waals surface area (Å²) >= 11 is 0. The Morgan fingerprint density at radius 1 is 1.00 bits per heavy atom. The van der Waals surface area contributed by atoms with E-state index in [9.17, 15) is 4.79 Å². The van der Waals surface area contributed by atoms with Crippen LogP contribution in [0.3, 0.4) is 0 Å². The van der Waals surface area contributed by atoms with Crippen molar-refractivity contribution in [2.45, 2.75) is 19.3 Å². The van der Waals surface area contributed by atoms with Crippen molar-refractivity contribution in [2.24, 2.45) is 0 Å². The molecular formula is C18H17N3O2. The van der Waals surface area contributed by atoms with E-state index in [0.717, 1.165) is 11.3 Å². The van der Waals surface area contributed by atoms with Gasteiger partial charge < -0.3 is 9.84 Å². The molecule has 0 aliphatic rings. The summed E-state index contributed by atoms with van der Waals surface area (Å²) in [6, 6.07) is 19.3. The standard InChI is InChI=1S/C18H17N3O2/c22-17(19-15-9-5-2-6-10-15)11-12-18-20-16(21-23-18)13-14-7-3-1-4-8-14/h1-10H,11-13H2,(H,19,22). The highest BCUT2D eigenvalue weighted by Crippen LogP contribution is 2.09. The first kappa shape index (κ1) is 15.0. The fourth-order valence-corrected chi connectivity index (χ4v) is 2.21. The van der Waals surface area contributed by atoms with Crippen molar-refractivity contribution in [1.29, 1.82) is 0 Å². The van der Waals surface area contributed by atoms with Crippen molar-refractivity contribution >= 4 is 11.6 Å². The minimum Gasteiger partial charge on any atom is -0.339 e. The summed E-state index contributed by atoms with van der Waals surface area (Å²) in [7, 11) is 0. The van der Waals surface area contributed by atoms with E-state index < -0.39 is 0 Å². The van der Waals surface area contributed by atoms with Crippen LogP contribution in [0.25, 0.3) is 0 Å². The molecule has 1 heterocycles. The number of nitrogens with one attached hydrogen (secondary N) is 1. The lowest BCUT2D eigenvalue weighted by Crippen LogP contribution is -2.12. The molecule has 0 spiro atoms. The molecule has 3 aromatic rings. The highest BCUT2D eigenvalue weighted by molar-refractivity contribution is 5.90. The predicted octanol–water partition coefficient (Wildman–Crippen LogP) is 3.23. The van der Waals surface area contributed by atoms with Crippen LogP contribution in [0.4, 0.5) is 5.69 Å². The van der Waals surface area contributed by atoms with Crippen molar-refractivity contribution in [2.75, 3.05) is 5.32 Å². The van der Waals surface area contributed by atoms with Gasteiger partial charge in [0.25, 0.3) is 0 Å². The number of amides is 1. The largest absolute Gasteiger partial charge is 0.339 e. The summed E-state index contributed by atoms with van der Waals surface area (Å²) in [6.07, 6.45) is 1.36. The van der Waals surface area contributed by atoms with E-state index in [2.05, 4.69) is 15.5 Å². The Kier molecular flexibility index (Phi) is 4.79. The SMILES string of the molecule is O=C(CCc1nc(Cc2ccccc2)no1)Nc1ccccc1. The second-order valence-electron chi connectivity index (χ2n) is 5.18. The topological polar surface area (TPSA) is 68.0 Å². The third-order valence-electron chi connectivity index (χ3n) is 3.34. The number of rotatable bonds is 6. The van der Waals surface area contributed by atoms with Gasteiger partial charge in [0.15, 0.2) is 5.82 Å². The first-order chi connectivity index (χ1) is 11.3. The van der Waals surface area contributed by atoms with Crippen LogP contribution in [-0.4, -0.2) is 16.0 Å². The Morgan fingerprint density at radius 2 is 1.70 bits per heavy atom. The van der Waals surface area contributed by atoms with Crippen LogP contribution in [0, 0.1) is 0 Å². The summed E-state index contributed by atoms with van der Waals surface area (Å²) in [5, 5.41) is 6.79. The fourth-order valence-electron chi connectivity index (χ4n) is 2.21. The molecule has 0 saturated heterocycles. The van der Waals surface area contributed by atoms with Gasteiger partial charge in [-0.2, -0.15) is 4.98 Å². The van der Waals surface area contributed by atoms with Crippen LogP contribution >= 0.6 is 0 Å². The lowest BCUT2D eigenvalue weighted by atomic mass is 10.1. The number of para-hydroxylation sites is 1. The van der Waals surface area contributed by atoms with Crippen molar-refractivity contribution in [3.63, 3.8) is 0 Å². The third kappa shape index (κ3) is 4.51. The first-order valence-corrected chi connectivity index (χ1v) is 7.50. The van der Waals surface area contributed by atoms with Gasteiger partial charge >= 0.3 is 0 Å². The molecular weight excluding hydrogens is 290 g/mol. The lowest BCUT2D eigenvalue weighted by Gasteiger charge is -2.02. The van der Waals surface area contributed by atoms with Gasteiger partial charge in [-0.05, 0) is 17.7 Å². The van der Waals surface area contributed by atoms with E-state index in [-0.39, 0.29) is 5.91 Å². The Bertz CT molecular complexity index is 754. The first-order valence-electron chi connectivity index (χ1n) is 7.50. The summed E-state index contributed by atoms with van der Waals surface area (Å²) in [4.78, 5) is 16.2. The number of aryl methyl sites for hydroxylation is 1. The van der Waals surface area contributed by atoms with Gasteiger partial charge in [-0.25, -0.2) is 0 Å². The van der Waals surface area contributed by atoms with Crippen LogP contribution in [0.5, 0.6) is 0 Å². The monoisotopic (exact) mass is 307 g/mol. The molecule has 0 fully saturated rings. The van der Waals surface area contributed by atoms with E-state index in [1.807, 2.05) is 60.7 Å². The molecule has 0 atom stereocenters. The Morgan fingerprint density at radius 3 is 2.43 bits per heavy atom. The maximum atomic E-state index is 11.9.